The van der Waals surface area contributed by atoms with Gasteiger partial charge in [-0.05, 0) is 12.1 Å². The van der Waals surface area contributed by atoms with Gasteiger partial charge in [0.15, 0.2) is 5.75 Å². The smallest absolute Gasteiger partial charge is 0.352 e. The average Bonchev–Trinajstić information content (AvgIpc) is 2.26. The van der Waals surface area contributed by atoms with Crippen molar-refractivity contribution >= 4 is 40.8 Å². The first-order valence-corrected chi connectivity index (χ1v) is 5.58. The van der Waals surface area contributed by atoms with Gasteiger partial charge in [-0.1, -0.05) is 23.2 Å². The monoisotopic (exact) mass is 305 g/mol. The van der Waals surface area contributed by atoms with Crippen LogP contribution < -0.4 is 10.1 Å². The Bertz CT molecular complexity index is 556. The van der Waals surface area contributed by atoms with Gasteiger partial charge in [-0.25, -0.2) is 9.59 Å². The molecule has 0 saturated heterocycles. The van der Waals surface area contributed by atoms with E-state index < -0.39 is 17.6 Å². The number of ether oxygens (including phenoxy) is 1. The number of halogens is 2. The van der Waals surface area contributed by atoms with E-state index in [4.69, 9.17) is 38.2 Å². The van der Waals surface area contributed by atoms with Gasteiger partial charge in [-0.2, -0.15) is 0 Å². The highest BCUT2D eigenvalue weighted by molar-refractivity contribution is 6.36. The number of rotatable bonds is 5. The maximum Gasteiger partial charge on any atom is 0.352 e. The number of carboxylic acids is 2. The number of carboxylic acid groups (broad SMARTS) is 2. The molecule has 0 aliphatic rings. The summed E-state index contributed by atoms with van der Waals surface area (Å²) in [5.41, 5.74) is -0.404. The molecule has 0 amide bonds. The van der Waals surface area contributed by atoms with E-state index in [1.807, 2.05) is 0 Å². The second-order valence-electron chi connectivity index (χ2n) is 3.29. The van der Waals surface area contributed by atoms with Crippen LogP contribution in [0.4, 0.5) is 5.69 Å². The minimum absolute atomic E-state index is 0.148. The third-order valence-corrected chi connectivity index (χ3v) is 2.48. The van der Waals surface area contributed by atoms with Gasteiger partial charge in [-0.15, -0.1) is 0 Å². The summed E-state index contributed by atoms with van der Waals surface area (Å²) in [5, 5.41) is 20.3. The maximum absolute atomic E-state index is 10.9. The van der Waals surface area contributed by atoms with E-state index in [9.17, 15) is 9.59 Å². The second kappa shape index (κ2) is 6.31. The number of aliphatic carboxylic acids is 2. The van der Waals surface area contributed by atoms with Crippen molar-refractivity contribution in [1.29, 1.82) is 0 Å². The molecule has 102 valence electrons. The van der Waals surface area contributed by atoms with Crippen LogP contribution in [0.1, 0.15) is 0 Å². The van der Waals surface area contributed by atoms with Gasteiger partial charge in [0.1, 0.15) is 5.70 Å². The first kappa shape index (κ1) is 15.1. The molecule has 0 radical (unpaired) electrons. The lowest BCUT2D eigenvalue weighted by Gasteiger charge is -2.13. The van der Waals surface area contributed by atoms with Gasteiger partial charge in [0.2, 0.25) is 0 Å². The van der Waals surface area contributed by atoms with E-state index in [1.54, 1.807) is 0 Å². The number of benzene rings is 1. The van der Waals surface area contributed by atoms with Gasteiger partial charge in [0.25, 0.3) is 0 Å². The molecule has 0 unspecified atom stereocenters. The highest BCUT2D eigenvalue weighted by Crippen LogP contribution is 2.36. The largest absolute Gasteiger partial charge is 0.493 e. The molecule has 0 aromatic heterocycles. The van der Waals surface area contributed by atoms with Gasteiger partial charge in [-0.3, -0.25) is 0 Å². The van der Waals surface area contributed by atoms with Gasteiger partial charge in [0, 0.05) is 5.02 Å². The number of nitrogens with one attached hydrogen (secondary N) is 1. The minimum Gasteiger partial charge on any atom is -0.493 e. The molecule has 0 aliphatic heterocycles. The third-order valence-electron chi connectivity index (χ3n) is 1.98. The van der Waals surface area contributed by atoms with E-state index in [2.05, 4.69) is 5.32 Å². The highest BCUT2D eigenvalue weighted by Gasteiger charge is 2.15. The van der Waals surface area contributed by atoms with Crippen molar-refractivity contribution in [3.8, 4) is 5.75 Å². The van der Waals surface area contributed by atoms with Crippen LogP contribution in [0.25, 0.3) is 0 Å². The number of hydrogen-bond donors (Lipinski definition) is 3. The molecule has 0 bridgehead atoms. The molecule has 8 heteroatoms. The van der Waals surface area contributed by atoms with Crippen molar-refractivity contribution in [2.45, 2.75) is 0 Å². The van der Waals surface area contributed by atoms with Crippen molar-refractivity contribution in [2.75, 3.05) is 12.4 Å². The molecule has 0 spiro atoms. The summed E-state index contributed by atoms with van der Waals surface area (Å²) in [6, 6.07) is 2.78. The van der Waals surface area contributed by atoms with E-state index in [-0.39, 0.29) is 21.5 Å². The summed E-state index contributed by atoms with van der Waals surface area (Å²) in [6.45, 7) is 0. The van der Waals surface area contributed by atoms with Crippen LogP contribution in [-0.2, 0) is 9.59 Å². The molecule has 0 aliphatic carbocycles. The lowest BCUT2D eigenvalue weighted by molar-refractivity contribution is -0.134. The summed E-state index contributed by atoms with van der Waals surface area (Å²) < 4.78 is 5.00. The Morgan fingerprint density at radius 2 is 1.95 bits per heavy atom. The summed E-state index contributed by atoms with van der Waals surface area (Å²) in [4.78, 5) is 21.4. The van der Waals surface area contributed by atoms with Crippen LogP contribution in [0, 0.1) is 0 Å². The zero-order valence-electron chi connectivity index (χ0n) is 9.61. The fourth-order valence-electron chi connectivity index (χ4n) is 1.28. The van der Waals surface area contributed by atoms with Gasteiger partial charge in [0.05, 0.1) is 23.9 Å². The average molecular weight is 306 g/mol. The molecule has 19 heavy (non-hydrogen) atoms. The quantitative estimate of drug-likeness (QED) is 0.723. The lowest BCUT2D eigenvalue weighted by Crippen LogP contribution is -2.13. The number of methoxy groups -OCH3 is 1. The second-order valence-corrected chi connectivity index (χ2v) is 4.14. The van der Waals surface area contributed by atoms with Gasteiger partial charge >= 0.3 is 11.9 Å². The summed E-state index contributed by atoms with van der Waals surface area (Å²) in [5.74, 6) is -2.69. The molecule has 1 aromatic rings. The first-order valence-electron chi connectivity index (χ1n) is 4.83. The zero-order valence-corrected chi connectivity index (χ0v) is 11.1. The van der Waals surface area contributed by atoms with Crippen molar-refractivity contribution in [3.63, 3.8) is 0 Å². The van der Waals surface area contributed by atoms with Crippen LogP contribution in [0.5, 0.6) is 5.75 Å². The number of hydrogen-bond acceptors (Lipinski definition) is 4. The molecular formula is C11H9Cl2NO5. The van der Waals surface area contributed by atoms with Crippen molar-refractivity contribution < 1.29 is 24.5 Å². The first-order chi connectivity index (χ1) is 8.85. The Morgan fingerprint density at radius 3 is 2.42 bits per heavy atom. The standard InChI is InChI=1S/C11H9Cl2NO5/c1-19-10-6(13)2-5(12)3-7(10)14-8(11(17)18)4-9(15)16/h2-4,14H,1H3,(H,15,16)(H,17,18). The zero-order chi connectivity index (χ0) is 14.6. The molecule has 1 rings (SSSR count). The van der Waals surface area contributed by atoms with Crippen molar-refractivity contribution in [1.82, 2.24) is 0 Å². The number of carbonyl (C=O) groups is 2. The molecule has 0 heterocycles. The SMILES string of the molecule is COc1c(Cl)cc(Cl)cc1NC(=CC(=O)O)C(=O)O. The molecule has 3 N–H and O–H groups in total. The Morgan fingerprint density at radius 1 is 1.32 bits per heavy atom. The molecule has 0 atom stereocenters. The summed E-state index contributed by atoms with van der Waals surface area (Å²) in [6.07, 6.45) is 0.510. The third kappa shape index (κ3) is 4.04. The van der Waals surface area contributed by atoms with Crippen molar-refractivity contribution in [2.24, 2.45) is 0 Å². The van der Waals surface area contributed by atoms with Crippen LogP contribution >= 0.6 is 23.2 Å². The lowest BCUT2D eigenvalue weighted by atomic mass is 10.2. The predicted octanol–water partition coefficient (Wildman–Crippen LogP) is 2.47. The summed E-state index contributed by atoms with van der Waals surface area (Å²) >= 11 is 11.7. The topological polar surface area (TPSA) is 95.9 Å². The Hall–Kier alpha value is -1.92. The Kier molecular flexibility index (Phi) is 5.02. The fourth-order valence-corrected chi connectivity index (χ4v) is 1.85. The van der Waals surface area contributed by atoms with E-state index in [0.717, 1.165) is 0 Å². The molecular weight excluding hydrogens is 297 g/mol. The van der Waals surface area contributed by atoms with Crippen LogP contribution in [0.2, 0.25) is 10.0 Å². The fraction of sp³-hybridized carbons (Fsp3) is 0.0909. The van der Waals surface area contributed by atoms with Crippen molar-refractivity contribution in [3.05, 3.63) is 34.0 Å². The molecule has 0 saturated carbocycles. The highest BCUT2D eigenvalue weighted by atomic mass is 35.5. The van der Waals surface area contributed by atoms with E-state index in [0.29, 0.717) is 6.08 Å². The molecule has 6 nitrogen and oxygen atoms in total. The van der Waals surface area contributed by atoms with Gasteiger partial charge < -0.3 is 20.3 Å². The Balaban J connectivity index is 3.23. The van der Waals surface area contributed by atoms with Crippen LogP contribution in [0.15, 0.2) is 23.9 Å². The summed E-state index contributed by atoms with van der Waals surface area (Å²) in [7, 11) is 1.33. The predicted molar refractivity (Wildman–Crippen MR) is 70.0 cm³/mol. The van der Waals surface area contributed by atoms with Crippen LogP contribution in [0.3, 0.4) is 0 Å². The van der Waals surface area contributed by atoms with E-state index >= 15 is 0 Å². The molecule has 0 fully saturated rings. The molecule has 1 aromatic carbocycles. The maximum atomic E-state index is 10.9. The Labute approximate surface area is 118 Å². The van der Waals surface area contributed by atoms with E-state index in [1.165, 1.54) is 19.2 Å². The number of anilines is 1. The normalized spacial score (nSPS) is 11.0. The minimum atomic E-state index is -1.44. The van der Waals surface area contributed by atoms with Crippen LogP contribution in [-0.4, -0.2) is 29.3 Å².